The van der Waals surface area contributed by atoms with E-state index >= 15 is 0 Å². The Morgan fingerprint density at radius 1 is 1.42 bits per heavy atom. The van der Waals surface area contributed by atoms with Crippen LogP contribution in [0.4, 0.5) is 0 Å². The molecule has 1 aromatic rings. The lowest BCUT2D eigenvalue weighted by molar-refractivity contribution is 0.0702. The molecule has 0 fully saturated rings. The Bertz CT molecular complexity index is 404. The molecule has 0 bridgehead atoms. The van der Waals surface area contributed by atoms with Gasteiger partial charge in [-0.1, -0.05) is 19.8 Å². The molecule has 0 aliphatic rings. The van der Waals surface area contributed by atoms with E-state index in [9.17, 15) is 4.79 Å². The summed E-state index contributed by atoms with van der Waals surface area (Å²) in [6.45, 7) is 7.44. The Kier molecular flexibility index (Phi) is 6.50. The third kappa shape index (κ3) is 4.63. The van der Waals surface area contributed by atoms with Crippen molar-refractivity contribution >= 4 is 5.91 Å². The first-order valence-electron chi connectivity index (χ1n) is 7.06. The van der Waals surface area contributed by atoms with Crippen molar-refractivity contribution in [3.05, 3.63) is 29.6 Å². The molecule has 0 unspecified atom stereocenters. The van der Waals surface area contributed by atoms with Crippen LogP contribution in [-0.2, 0) is 6.54 Å². The van der Waals surface area contributed by atoms with Gasteiger partial charge in [-0.05, 0) is 32.4 Å². The normalized spacial score (nSPS) is 10.8. The van der Waals surface area contributed by atoms with E-state index in [4.69, 9.17) is 5.73 Å². The van der Waals surface area contributed by atoms with Crippen LogP contribution in [0.3, 0.4) is 0 Å². The van der Waals surface area contributed by atoms with Gasteiger partial charge in [0.15, 0.2) is 0 Å². The topological polar surface area (TPSA) is 59.2 Å². The first-order chi connectivity index (χ1) is 9.10. The van der Waals surface area contributed by atoms with Gasteiger partial charge in [-0.2, -0.15) is 0 Å². The van der Waals surface area contributed by atoms with Crippen LogP contribution in [0, 0.1) is 0 Å². The second-order valence-electron chi connectivity index (χ2n) is 5.04. The van der Waals surface area contributed by atoms with Crippen molar-refractivity contribution in [2.24, 2.45) is 5.73 Å². The van der Waals surface area contributed by atoms with Crippen LogP contribution in [0.25, 0.3) is 0 Å². The molecule has 0 spiro atoms. The van der Waals surface area contributed by atoms with Gasteiger partial charge in [-0.3, -0.25) is 9.78 Å². The molecule has 2 N–H and O–H groups in total. The number of nitrogens with zero attached hydrogens (tertiary/aromatic N) is 2. The maximum Gasteiger partial charge on any atom is 0.254 e. The number of amides is 1. The van der Waals surface area contributed by atoms with Crippen molar-refractivity contribution in [3.8, 4) is 0 Å². The van der Waals surface area contributed by atoms with Gasteiger partial charge in [0.1, 0.15) is 0 Å². The highest BCUT2D eigenvalue weighted by molar-refractivity contribution is 5.94. The largest absolute Gasteiger partial charge is 0.336 e. The molecule has 4 nitrogen and oxygen atoms in total. The fraction of sp³-hybridized carbons (Fsp3) is 0.600. The highest BCUT2D eigenvalue weighted by Gasteiger charge is 2.18. The van der Waals surface area contributed by atoms with Crippen molar-refractivity contribution in [1.29, 1.82) is 0 Å². The third-order valence-corrected chi connectivity index (χ3v) is 3.16. The highest BCUT2D eigenvalue weighted by atomic mass is 16.2. The van der Waals surface area contributed by atoms with E-state index in [-0.39, 0.29) is 11.9 Å². The second kappa shape index (κ2) is 7.89. The van der Waals surface area contributed by atoms with E-state index in [1.165, 1.54) is 0 Å². The van der Waals surface area contributed by atoms with Crippen LogP contribution in [0.2, 0.25) is 0 Å². The molecule has 1 amide bonds. The van der Waals surface area contributed by atoms with Crippen LogP contribution in [-0.4, -0.2) is 28.4 Å². The highest BCUT2D eigenvalue weighted by Crippen LogP contribution is 2.11. The van der Waals surface area contributed by atoms with Crippen molar-refractivity contribution < 1.29 is 4.79 Å². The number of hydrogen-bond donors (Lipinski definition) is 1. The lowest BCUT2D eigenvalue weighted by atomic mass is 10.1. The van der Waals surface area contributed by atoms with E-state index in [0.717, 1.165) is 31.5 Å². The number of hydrogen-bond acceptors (Lipinski definition) is 3. The molecular formula is C15H25N3O. The molecule has 0 radical (unpaired) electrons. The van der Waals surface area contributed by atoms with Gasteiger partial charge in [-0.25, -0.2) is 0 Å². The van der Waals surface area contributed by atoms with Crippen LogP contribution in [0.1, 0.15) is 56.1 Å². The summed E-state index contributed by atoms with van der Waals surface area (Å²) in [5.41, 5.74) is 7.00. The fourth-order valence-electron chi connectivity index (χ4n) is 2.02. The first kappa shape index (κ1) is 15.6. The number of rotatable bonds is 7. The molecule has 0 saturated carbocycles. The number of unbranched alkanes of at least 4 members (excludes halogenated alkanes) is 2. The van der Waals surface area contributed by atoms with E-state index in [2.05, 4.69) is 25.8 Å². The Hall–Kier alpha value is -1.42. The maximum absolute atomic E-state index is 12.5. The Balaban J connectivity index is 2.80. The standard InChI is InChI=1S/C15H25N3O/c1-4-5-6-9-18(12(2)3)15(19)13-7-8-17-14(10-13)11-16/h7-8,10,12H,4-6,9,11,16H2,1-3H3. The zero-order chi connectivity index (χ0) is 14.3. The molecule has 106 valence electrons. The summed E-state index contributed by atoms with van der Waals surface area (Å²) in [7, 11) is 0. The average Bonchev–Trinajstić information content (AvgIpc) is 2.42. The summed E-state index contributed by atoms with van der Waals surface area (Å²) in [5, 5.41) is 0. The second-order valence-corrected chi connectivity index (χ2v) is 5.04. The van der Waals surface area contributed by atoms with Crippen molar-refractivity contribution in [1.82, 2.24) is 9.88 Å². The van der Waals surface area contributed by atoms with Gasteiger partial charge in [-0.15, -0.1) is 0 Å². The summed E-state index contributed by atoms with van der Waals surface area (Å²) in [6.07, 6.45) is 5.02. The van der Waals surface area contributed by atoms with E-state index < -0.39 is 0 Å². The van der Waals surface area contributed by atoms with Crippen LogP contribution < -0.4 is 5.73 Å². The quantitative estimate of drug-likeness (QED) is 0.769. The molecule has 19 heavy (non-hydrogen) atoms. The van der Waals surface area contributed by atoms with Gasteiger partial charge in [0.05, 0.1) is 5.69 Å². The SMILES string of the molecule is CCCCCN(C(=O)c1ccnc(CN)c1)C(C)C. The fourth-order valence-corrected chi connectivity index (χ4v) is 2.02. The zero-order valence-electron chi connectivity index (χ0n) is 12.2. The molecular weight excluding hydrogens is 238 g/mol. The van der Waals surface area contributed by atoms with E-state index in [1.54, 1.807) is 18.3 Å². The monoisotopic (exact) mass is 263 g/mol. The van der Waals surface area contributed by atoms with Crippen molar-refractivity contribution in [2.45, 2.75) is 52.6 Å². The number of nitrogens with two attached hydrogens (primary N) is 1. The lowest BCUT2D eigenvalue weighted by Crippen LogP contribution is -2.37. The molecule has 1 heterocycles. The molecule has 0 aliphatic carbocycles. The van der Waals surface area contributed by atoms with Crippen LogP contribution >= 0.6 is 0 Å². The Morgan fingerprint density at radius 2 is 2.16 bits per heavy atom. The summed E-state index contributed by atoms with van der Waals surface area (Å²) >= 11 is 0. The third-order valence-electron chi connectivity index (χ3n) is 3.16. The predicted molar refractivity (Wildman–Crippen MR) is 77.8 cm³/mol. The van der Waals surface area contributed by atoms with E-state index in [0.29, 0.717) is 12.1 Å². The smallest absolute Gasteiger partial charge is 0.254 e. The predicted octanol–water partition coefficient (Wildman–Crippen LogP) is 2.58. The van der Waals surface area contributed by atoms with E-state index in [1.807, 2.05) is 4.90 Å². The van der Waals surface area contributed by atoms with Crippen molar-refractivity contribution in [2.75, 3.05) is 6.54 Å². The Morgan fingerprint density at radius 3 is 2.74 bits per heavy atom. The van der Waals surface area contributed by atoms with Crippen molar-refractivity contribution in [3.63, 3.8) is 0 Å². The summed E-state index contributed by atoms with van der Waals surface area (Å²) in [5.74, 6) is 0.0724. The molecule has 0 aliphatic heterocycles. The van der Waals surface area contributed by atoms with Gasteiger partial charge in [0.25, 0.3) is 5.91 Å². The minimum atomic E-state index is 0.0724. The summed E-state index contributed by atoms with van der Waals surface area (Å²) < 4.78 is 0. The average molecular weight is 263 g/mol. The van der Waals surface area contributed by atoms with Gasteiger partial charge < -0.3 is 10.6 Å². The van der Waals surface area contributed by atoms with Crippen LogP contribution in [0.15, 0.2) is 18.3 Å². The molecule has 1 aromatic heterocycles. The van der Waals surface area contributed by atoms with Crippen LogP contribution in [0.5, 0.6) is 0 Å². The number of aromatic nitrogens is 1. The zero-order valence-corrected chi connectivity index (χ0v) is 12.2. The number of pyridine rings is 1. The van der Waals surface area contributed by atoms with Gasteiger partial charge in [0, 0.05) is 30.9 Å². The summed E-state index contributed by atoms with van der Waals surface area (Å²) in [6, 6.07) is 3.76. The molecule has 4 heteroatoms. The Labute approximate surface area is 116 Å². The number of carbonyl (C=O) groups excluding carboxylic acids is 1. The van der Waals surface area contributed by atoms with Gasteiger partial charge in [0.2, 0.25) is 0 Å². The molecule has 1 rings (SSSR count). The summed E-state index contributed by atoms with van der Waals surface area (Å²) in [4.78, 5) is 18.6. The first-order valence-corrected chi connectivity index (χ1v) is 7.06. The maximum atomic E-state index is 12.5. The molecule has 0 aromatic carbocycles. The number of carbonyl (C=O) groups is 1. The molecule has 0 atom stereocenters. The minimum absolute atomic E-state index is 0.0724. The minimum Gasteiger partial charge on any atom is -0.336 e. The molecule has 0 saturated heterocycles. The van der Waals surface area contributed by atoms with Gasteiger partial charge >= 0.3 is 0 Å². The lowest BCUT2D eigenvalue weighted by Gasteiger charge is -2.27.